The molecule has 5 nitrogen and oxygen atoms in total. The smallest absolute Gasteiger partial charge is 0.248 e. The van der Waals surface area contributed by atoms with Crippen LogP contribution in [0.5, 0.6) is 0 Å². The van der Waals surface area contributed by atoms with Crippen molar-refractivity contribution >= 4 is 17.5 Å². The van der Waals surface area contributed by atoms with Gasteiger partial charge in [0.25, 0.3) is 0 Å². The van der Waals surface area contributed by atoms with E-state index in [4.69, 9.17) is 5.73 Å². The zero-order chi connectivity index (χ0) is 8.43. The normalized spacial score (nSPS) is 17.0. The molecule has 1 rings (SSSR count). The van der Waals surface area contributed by atoms with Crippen LogP contribution in [0, 0.1) is 0 Å². The molecular formula is C6H9N3O2. The van der Waals surface area contributed by atoms with Gasteiger partial charge in [-0.25, -0.2) is 5.01 Å². The molecule has 0 unspecified atom stereocenters. The summed E-state index contributed by atoms with van der Waals surface area (Å²) in [6.07, 6.45) is 0.299. The highest BCUT2D eigenvalue weighted by Gasteiger charge is 2.21. The van der Waals surface area contributed by atoms with Crippen molar-refractivity contribution < 1.29 is 9.59 Å². The van der Waals surface area contributed by atoms with Crippen LogP contribution in [0.4, 0.5) is 0 Å². The molecule has 2 amide bonds. The Kier molecular flexibility index (Phi) is 1.89. The Morgan fingerprint density at radius 1 is 1.82 bits per heavy atom. The van der Waals surface area contributed by atoms with Crippen molar-refractivity contribution in [3.8, 4) is 0 Å². The molecule has 1 aliphatic heterocycles. The number of hydrogen-bond acceptors (Lipinski definition) is 3. The highest BCUT2D eigenvalue weighted by Crippen LogP contribution is 2.05. The molecule has 60 valence electrons. The highest BCUT2D eigenvalue weighted by molar-refractivity contribution is 6.04. The molecule has 0 atom stereocenters. The van der Waals surface area contributed by atoms with Crippen LogP contribution in [0.2, 0.25) is 0 Å². The summed E-state index contributed by atoms with van der Waals surface area (Å²) in [6, 6.07) is 0. The second kappa shape index (κ2) is 2.69. The van der Waals surface area contributed by atoms with E-state index in [0.717, 1.165) is 10.7 Å². The van der Waals surface area contributed by atoms with Crippen molar-refractivity contribution in [2.24, 2.45) is 10.8 Å². The Labute approximate surface area is 63.8 Å². The quantitative estimate of drug-likeness (QED) is 0.560. The van der Waals surface area contributed by atoms with Crippen LogP contribution in [0.15, 0.2) is 5.10 Å². The lowest BCUT2D eigenvalue weighted by Crippen LogP contribution is -2.31. The van der Waals surface area contributed by atoms with Crippen LogP contribution in [-0.2, 0) is 9.59 Å². The van der Waals surface area contributed by atoms with Crippen molar-refractivity contribution in [1.82, 2.24) is 5.01 Å². The van der Waals surface area contributed by atoms with Gasteiger partial charge in [0, 0.05) is 5.71 Å². The zero-order valence-corrected chi connectivity index (χ0v) is 6.20. The van der Waals surface area contributed by atoms with E-state index in [1.54, 1.807) is 6.92 Å². The summed E-state index contributed by atoms with van der Waals surface area (Å²) in [6.45, 7) is 1.62. The molecule has 0 aliphatic carbocycles. The van der Waals surface area contributed by atoms with E-state index >= 15 is 0 Å². The zero-order valence-electron chi connectivity index (χ0n) is 6.20. The third-order valence-corrected chi connectivity index (χ3v) is 1.29. The number of amides is 2. The summed E-state index contributed by atoms with van der Waals surface area (Å²) in [4.78, 5) is 21.3. The minimum Gasteiger partial charge on any atom is -0.368 e. The van der Waals surface area contributed by atoms with Gasteiger partial charge in [0.1, 0.15) is 6.54 Å². The van der Waals surface area contributed by atoms with Crippen LogP contribution in [0.25, 0.3) is 0 Å². The van der Waals surface area contributed by atoms with Gasteiger partial charge in [0.15, 0.2) is 0 Å². The van der Waals surface area contributed by atoms with Crippen LogP contribution in [0.1, 0.15) is 13.3 Å². The average molecular weight is 155 g/mol. The van der Waals surface area contributed by atoms with Crippen LogP contribution < -0.4 is 5.73 Å². The number of hydrogen-bond donors (Lipinski definition) is 1. The monoisotopic (exact) mass is 155 g/mol. The third kappa shape index (κ3) is 1.76. The summed E-state index contributed by atoms with van der Waals surface area (Å²) in [5.74, 6) is -0.710. The van der Waals surface area contributed by atoms with Gasteiger partial charge in [-0.2, -0.15) is 5.10 Å². The van der Waals surface area contributed by atoms with Crippen molar-refractivity contribution in [2.45, 2.75) is 13.3 Å². The maximum atomic E-state index is 10.9. The molecule has 0 radical (unpaired) electrons. The van der Waals surface area contributed by atoms with E-state index in [9.17, 15) is 9.59 Å². The fraction of sp³-hybridized carbons (Fsp3) is 0.500. The first-order valence-corrected chi connectivity index (χ1v) is 3.22. The maximum absolute atomic E-state index is 10.9. The van der Waals surface area contributed by atoms with E-state index < -0.39 is 5.91 Å². The fourth-order valence-corrected chi connectivity index (χ4v) is 0.878. The highest BCUT2D eigenvalue weighted by atomic mass is 16.2. The van der Waals surface area contributed by atoms with Gasteiger partial charge < -0.3 is 5.73 Å². The number of nitrogens with zero attached hydrogens (tertiary/aromatic N) is 2. The standard InChI is InChI=1S/C6H9N3O2/c1-4-2-6(11)9(8-4)3-5(7)10/h2-3H2,1H3,(H2,7,10). The average Bonchev–Trinajstić information content (AvgIpc) is 2.09. The molecule has 0 spiro atoms. The summed E-state index contributed by atoms with van der Waals surface area (Å²) >= 11 is 0. The lowest BCUT2D eigenvalue weighted by Gasteiger charge is -2.07. The molecule has 0 saturated heterocycles. The fourth-order valence-electron chi connectivity index (χ4n) is 0.878. The SMILES string of the molecule is CC1=NN(CC(N)=O)C(=O)C1. The van der Waals surface area contributed by atoms with Crippen LogP contribution in [-0.4, -0.2) is 29.1 Å². The Balaban J connectivity index is 2.59. The Morgan fingerprint density at radius 2 is 2.45 bits per heavy atom. The first kappa shape index (κ1) is 7.71. The number of primary amides is 1. The third-order valence-electron chi connectivity index (χ3n) is 1.29. The molecule has 0 bridgehead atoms. The number of hydrazone groups is 1. The molecule has 1 heterocycles. The van der Waals surface area contributed by atoms with Gasteiger partial charge >= 0.3 is 0 Å². The number of nitrogens with two attached hydrogens (primary N) is 1. The first-order valence-electron chi connectivity index (χ1n) is 3.22. The molecule has 0 aromatic rings. The number of carbonyl (C=O) groups excluding carboxylic acids is 2. The Morgan fingerprint density at radius 3 is 2.82 bits per heavy atom. The Bertz CT molecular complexity index is 234. The van der Waals surface area contributed by atoms with Crippen molar-refractivity contribution in [1.29, 1.82) is 0 Å². The predicted octanol–water partition coefficient (Wildman–Crippen LogP) is -0.920. The van der Waals surface area contributed by atoms with Crippen molar-refractivity contribution in [3.05, 3.63) is 0 Å². The molecule has 0 fully saturated rings. The summed E-state index contributed by atoms with van der Waals surface area (Å²) < 4.78 is 0. The second-order valence-electron chi connectivity index (χ2n) is 2.43. The molecule has 0 saturated carbocycles. The minimum atomic E-state index is -0.545. The van der Waals surface area contributed by atoms with Gasteiger partial charge in [0.05, 0.1) is 6.42 Å². The number of rotatable bonds is 2. The van der Waals surface area contributed by atoms with Crippen molar-refractivity contribution in [3.63, 3.8) is 0 Å². The van der Waals surface area contributed by atoms with E-state index in [1.165, 1.54) is 0 Å². The lowest BCUT2D eigenvalue weighted by molar-refractivity contribution is -0.133. The van der Waals surface area contributed by atoms with Crippen molar-refractivity contribution in [2.75, 3.05) is 6.54 Å². The molecule has 11 heavy (non-hydrogen) atoms. The van der Waals surface area contributed by atoms with Gasteiger partial charge in [-0.1, -0.05) is 0 Å². The Hall–Kier alpha value is -1.39. The summed E-state index contributed by atoms with van der Waals surface area (Å²) in [5.41, 5.74) is 5.60. The molecule has 5 heteroatoms. The maximum Gasteiger partial charge on any atom is 0.248 e. The topological polar surface area (TPSA) is 75.8 Å². The molecule has 0 aromatic heterocycles. The molecule has 2 N–H and O–H groups in total. The largest absolute Gasteiger partial charge is 0.368 e. The van der Waals surface area contributed by atoms with Gasteiger partial charge in [-0.15, -0.1) is 0 Å². The first-order chi connectivity index (χ1) is 5.09. The van der Waals surface area contributed by atoms with E-state index in [0.29, 0.717) is 6.42 Å². The van der Waals surface area contributed by atoms with Gasteiger partial charge in [-0.3, -0.25) is 9.59 Å². The molecule has 1 aliphatic rings. The number of carbonyl (C=O) groups is 2. The lowest BCUT2D eigenvalue weighted by atomic mass is 10.3. The van der Waals surface area contributed by atoms with Gasteiger partial charge in [0.2, 0.25) is 11.8 Å². The summed E-state index contributed by atoms with van der Waals surface area (Å²) in [7, 11) is 0. The van der Waals surface area contributed by atoms with Crippen LogP contribution in [0.3, 0.4) is 0 Å². The van der Waals surface area contributed by atoms with E-state index in [-0.39, 0.29) is 12.5 Å². The van der Waals surface area contributed by atoms with E-state index in [1.807, 2.05) is 0 Å². The summed E-state index contributed by atoms with van der Waals surface area (Å²) in [5, 5.41) is 4.90. The van der Waals surface area contributed by atoms with E-state index in [2.05, 4.69) is 5.10 Å². The van der Waals surface area contributed by atoms with Gasteiger partial charge in [-0.05, 0) is 6.92 Å². The second-order valence-corrected chi connectivity index (χ2v) is 2.43. The predicted molar refractivity (Wildman–Crippen MR) is 38.6 cm³/mol. The molecular weight excluding hydrogens is 146 g/mol. The molecule has 0 aromatic carbocycles. The van der Waals surface area contributed by atoms with Crippen LogP contribution >= 0.6 is 0 Å². The minimum absolute atomic E-state index is 0.115.